The summed E-state index contributed by atoms with van der Waals surface area (Å²) in [6, 6.07) is 2.67. The second kappa shape index (κ2) is 5.86. The number of anilines is 1. The Bertz CT molecular complexity index is 602. The zero-order chi connectivity index (χ0) is 14.1. The molecule has 0 bridgehead atoms. The minimum atomic E-state index is 0.337. The van der Waals surface area contributed by atoms with Crippen molar-refractivity contribution < 1.29 is 0 Å². The third-order valence-electron chi connectivity index (χ3n) is 4.25. The van der Waals surface area contributed by atoms with E-state index in [-0.39, 0.29) is 0 Å². The topological polar surface area (TPSA) is 37.8 Å². The van der Waals surface area contributed by atoms with E-state index in [4.69, 9.17) is 11.6 Å². The predicted octanol–water partition coefficient (Wildman–Crippen LogP) is 5.03. The van der Waals surface area contributed by atoms with E-state index in [1.165, 1.54) is 37.0 Å². The fraction of sp³-hybridized carbons (Fsp3) is 0.600. The number of thiophene rings is 1. The maximum atomic E-state index is 6.04. The highest BCUT2D eigenvalue weighted by molar-refractivity contribution is 7.18. The fourth-order valence-electron chi connectivity index (χ4n) is 3.03. The number of hydrogen-bond donors (Lipinski definition) is 1. The van der Waals surface area contributed by atoms with Gasteiger partial charge in [0, 0.05) is 10.9 Å². The Kier molecular flexibility index (Phi) is 4.13. The summed E-state index contributed by atoms with van der Waals surface area (Å²) in [5.41, 5.74) is 0. The molecule has 0 aromatic carbocycles. The van der Waals surface area contributed by atoms with E-state index in [9.17, 15) is 0 Å². The molecule has 3 nitrogen and oxygen atoms in total. The molecule has 0 saturated heterocycles. The summed E-state index contributed by atoms with van der Waals surface area (Å²) in [7, 11) is 0. The Morgan fingerprint density at radius 1 is 1.30 bits per heavy atom. The van der Waals surface area contributed by atoms with Crippen LogP contribution in [0.3, 0.4) is 0 Å². The van der Waals surface area contributed by atoms with E-state index in [0.29, 0.717) is 11.3 Å². The van der Waals surface area contributed by atoms with E-state index >= 15 is 0 Å². The van der Waals surface area contributed by atoms with Gasteiger partial charge in [0.25, 0.3) is 0 Å². The second-order valence-electron chi connectivity index (χ2n) is 5.69. The Hall–Kier alpha value is -0.870. The quantitative estimate of drug-likeness (QED) is 0.808. The Labute approximate surface area is 128 Å². The molecule has 1 saturated carbocycles. The van der Waals surface area contributed by atoms with Crippen molar-refractivity contribution in [3.63, 3.8) is 0 Å². The van der Waals surface area contributed by atoms with Gasteiger partial charge in [0.2, 0.25) is 5.28 Å². The first-order chi connectivity index (χ1) is 9.65. The van der Waals surface area contributed by atoms with Crippen molar-refractivity contribution in [2.75, 3.05) is 5.32 Å². The van der Waals surface area contributed by atoms with Crippen LogP contribution < -0.4 is 5.32 Å². The second-order valence-corrected chi connectivity index (χ2v) is 7.26. The zero-order valence-corrected chi connectivity index (χ0v) is 13.5. The fourth-order valence-corrected chi connectivity index (χ4v) is 4.13. The van der Waals surface area contributed by atoms with Crippen LogP contribution in [-0.2, 0) is 0 Å². The van der Waals surface area contributed by atoms with E-state index in [1.54, 1.807) is 11.3 Å². The van der Waals surface area contributed by atoms with E-state index in [1.807, 2.05) is 0 Å². The van der Waals surface area contributed by atoms with Crippen molar-refractivity contribution in [1.29, 1.82) is 0 Å². The third kappa shape index (κ3) is 2.91. The van der Waals surface area contributed by atoms with E-state index in [2.05, 4.69) is 35.2 Å². The zero-order valence-electron chi connectivity index (χ0n) is 11.9. The molecular weight excluding hydrogens is 290 g/mol. The first-order valence-electron chi connectivity index (χ1n) is 7.36. The van der Waals surface area contributed by atoms with E-state index in [0.717, 1.165) is 22.0 Å². The van der Waals surface area contributed by atoms with Crippen LogP contribution in [0.15, 0.2) is 6.07 Å². The maximum absolute atomic E-state index is 6.04. The lowest BCUT2D eigenvalue weighted by molar-refractivity contribution is 0.330. The third-order valence-corrected chi connectivity index (χ3v) is 5.37. The monoisotopic (exact) mass is 309 g/mol. The van der Waals surface area contributed by atoms with Crippen molar-refractivity contribution >= 4 is 39.0 Å². The molecular formula is C15H20ClN3S. The molecule has 1 aliphatic rings. The van der Waals surface area contributed by atoms with Gasteiger partial charge in [-0.3, -0.25) is 0 Å². The number of fused-ring (bicyclic) bond motifs is 1. The number of nitrogens with zero attached hydrogens (tertiary/aromatic N) is 2. The lowest BCUT2D eigenvalue weighted by Crippen LogP contribution is -2.26. The molecule has 2 aromatic rings. The van der Waals surface area contributed by atoms with Gasteiger partial charge in [-0.25, -0.2) is 9.97 Å². The van der Waals surface area contributed by atoms with Crippen LogP contribution in [0.25, 0.3) is 10.2 Å². The number of rotatable bonds is 3. The van der Waals surface area contributed by atoms with Crippen molar-refractivity contribution in [1.82, 2.24) is 9.97 Å². The average Bonchev–Trinajstić information content (AvgIpc) is 2.80. The van der Waals surface area contributed by atoms with Gasteiger partial charge in [-0.05, 0) is 56.2 Å². The summed E-state index contributed by atoms with van der Waals surface area (Å²) in [6.07, 6.45) is 6.40. The molecule has 0 aliphatic heterocycles. The molecule has 2 aromatic heterocycles. The van der Waals surface area contributed by atoms with Crippen molar-refractivity contribution in [3.8, 4) is 0 Å². The standard InChI is InChI=1S/C15H20ClN3S/c1-3-10-4-6-11(7-5-10)17-13-12-8-9(2)20-14(12)19-15(16)18-13/h8,10-11H,3-7H2,1-2H3,(H,17,18,19). The van der Waals surface area contributed by atoms with Crippen LogP contribution in [0.1, 0.15) is 43.9 Å². The van der Waals surface area contributed by atoms with Crippen LogP contribution in [-0.4, -0.2) is 16.0 Å². The van der Waals surface area contributed by atoms with Gasteiger partial charge < -0.3 is 5.32 Å². The molecule has 2 heterocycles. The summed E-state index contributed by atoms with van der Waals surface area (Å²) in [5, 5.41) is 5.04. The number of aryl methyl sites for hydroxylation is 1. The number of aromatic nitrogens is 2. The van der Waals surface area contributed by atoms with Crippen LogP contribution in [0.2, 0.25) is 5.28 Å². The maximum Gasteiger partial charge on any atom is 0.225 e. The molecule has 108 valence electrons. The van der Waals surface area contributed by atoms with Crippen LogP contribution >= 0.6 is 22.9 Å². The van der Waals surface area contributed by atoms with Crippen LogP contribution in [0.5, 0.6) is 0 Å². The Morgan fingerprint density at radius 2 is 2.05 bits per heavy atom. The summed E-state index contributed by atoms with van der Waals surface area (Å²) >= 11 is 7.71. The number of nitrogens with one attached hydrogen (secondary N) is 1. The molecule has 5 heteroatoms. The smallest absolute Gasteiger partial charge is 0.225 e. The van der Waals surface area contributed by atoms with Crippen molar-refractivity contribution in [3.05, 3.63) is 16.2 Å². The van der Waals surface area contributed by atoms with Gasteiger partial charge in [-0.2, -0.15) is 0 Å². The lowest BCUT2D eigenvalue weighted by Gasteiger charge is -2.28. The number of hydrogen-bond acceptors (Lipinski definition) is 4. The first-order valence-corrected chi connectivity index (χ1v) is 8.55. The highest BCUT2D eigenvalue weighted by Crippen LogP contribution is 2.33. The highest BCUT2D eigenvalue weighted by Gasteiger charge is 2.21. The van der Waals surface area contributed by atoms with Gasteiger partial charge in [-0.15, -0.1) is 11.3 Å². The van der Waals surface area contributed by atoms with Gasteiger partial charge >= 0.3 is 0 Å². The summed E-state index contributed by atoms with van der Waals surface area (Å²) in [4.78, 5) is 10.9. The van der Waals surface area contributed by atoms with Crippen LogP contribution in [0, 0.1) is 12.8 Å². The van der Waals surface area contributed by atoms with Crippen LogP contribution in [0.4, 0.5) is 5.82 Å². The van der Waals surface area contributed by atoms with Crippen molar-refractivity contribution in [2.45, 2.75) is 52.0 Å². The molecule has 0 unspecified atom stereocenters. The Balaban J connectivity index is 1.80. The SMILES string of the molecule is CCC1CCC(Nc2nc(Cl)nc3sc(C)cc23)CC1. The minimum Gasteiger partial charge on any atom is -0.367 e. The molecule has 1 aliphatic carbocycles. The highest BCUT2D eigenvalue weighted by atomic mass is 35.5. The first kappa shape index (κ1) is 14.1. The summed E-state index contributed by atoms with van der Waals surface area (Å²) in [5.74, 6) is 1.81. The molecule has 0 amide bonds. The molecule has 3 rings (SSSR count). The normalized spacial score (nSPS) is 23.1. The number of halogens is 1. The van der Waals surface area contributed by atoms with Gasteiger partial charge in [0.15, 0.2) is 0 Å². The minimum absolute atomic E-state index is 0.337. The summed E-state index contributed by atoms with van der Waals surface area (Å²) in [6.45, 7) is 4.39. The summed E-state index contributed by atoms with van der Waals surface area (Å²) < 4.78 is 0. The molecule has 0 radical (unpaired) electrons. The molecule has 20 heavy (non-hydrogen) atoms. The van der Waals surface area contributed by atoms with Gasteiger partial charge in [0.1, 0.15) is 10.6 Å². The largest absolute Gasteiger partial charge is 0.367 e. The predicted molar refractivity (Wildman–Crippen MR) is 86.8 cm³/mol. The molecule has 0 atom stereocenters. The van der Waals surface area contributed by atoms with Crippen molar-refractivity contribution in [2.24, 2.45) is 5.92 Å². The Morgan fingerprint density at radius 3 is 2.75 bits per heavy atom. The molecule has 0 spiro atoms. The molecule has 1 fully saturated rings. The molecule has 1 N–H and O–H groups in total. The average molecular weight is 310 g/mol. The van der Waals surface area contributed by atoms with Gasteiger partial charge in [0.05, 0.1) is 5.39 Å². The van der Waals surface area contributed by atoms with E-state index < -0.39 is 0 Å². The van der Waals surface area contributed by atoms with Gasteiger partial charge in [-0.1, -0.05) is 13.3 Å². The lowest BCUT2D eigenvalue weighted by atomic mass is 9.84.